The Hall–Kier alpha value is -2.23. The summed E-state index contributed by atoms with van der Waals surface area (Å²) in [4.78, 5) is 11.2. The van der Waals surface area contributed by atoms with Crippen LogP contribution in [0.4, 0.5) is 8.78 Å². The van der Waals surface area contributed by atoms with E-state index in [1.54, 1.807) is 24.3 Å². The van der Waals surface area contributed by atoms with E-state index < -0.39 is 37.9 Å². The monoisotopic (exact) mass is 458 g/mol. The molecular weight excluding hydrogens is 438 g/mol. The lowest BCUT2D eigenvalue weighted by atomic mass is 9.78. The first-order chi connectivity index (χ1) is 14.1. The van der Waals surface area contributed by atoms with Gasteiger partial charge in [0.05, 0.1) is 11.5 Å². The highest BCUT2D eigenvalue weighted by molar-refractivity contribution is 7.89. The Morgan fingerprint density at radius 3 is 2.40 bits per heavy atom. The number of piperidine rings is 1. The van der Waals surface area contributed by atoms with Gasteiger partial charge in [0.15, 0.2) is 0 Å². The van der Waals surface area contributed by atoms with Gasteiger partial charge in [-0.05, 0) is 49.2 Å². The zero-order valence-corrected chi connectivity index (χ0v) is 17.6. The quantitative estimate of drug-likeness (QED) is 0.689. The SMILES string of the molecule is NC(=O)CC1(COc2ccc(Cl)cc2)CCCN(S(=O)(=O)c2cc(F)cc(F)c2)C1. The smallest absolute Gasteiger partial charge is 0.243 e. The van der Waals surface area contributed by atoms with E-state index >= 15 is 0 Å². The van der Waals surface area contributed by atoms with Crippen LogP contribution in [0.15, 0.2) is 47.4 Å². The fraction of sp³-hybridized carbons (Fsp3) is 0.350. The molecule has 0 aliphatic carbocycles. The molecule has 0 aromatic heterocycles. The standard InChI is InChI=1S/C20H21ClF2N2O4S/c21-14-2-4-17(5-3-14)29-13-20(11-19(24)26)6-1-7-25(12-20)30(27,28)18-9-15(22)8-16(23)10-18/h2-5,8-10H,1,6-7,11-13H2,(H2,24,26). The maximum Gasteiger partial charge on any atom is 0.243 e. The number of carbonyl (C=O) groups is 1. The Morgan fingerprint density at radius 1 is 1.17 bits per heavy atom. The predicted octanol–water partition coefficient (Wildman–Crippen LogP) is 3.34. The van der Waals surface area contributed by atoms with E-state index in [0.717, 1.165) is 16.4 Å². The van der Waals surface area contributed by atoms with Gasteiger partial charge in [-0.15, -0.1) is 0 Å². The fourth-order valence-electron chi connectivity index (χ4n) is 3.64. The average Bonchev–Trinajstić information content (AvgIpc) is 2.66. The third-order valence-electron chi connectivity index (χ3n) is 5.01. The van der Waals surface area contributed by atoms with Crippen molar-refractivity contribution in [1.82, 2.24) is 4.31 Å². The summed E-state index contributed by atoms with van der Waals surface area (Å²) in [5, 5.41) is 0.534. The maximum absolute atomic E-state index is 13.6. The molecule has 2 N–H and O–H groups in total. The molecule has 0 radical (unpaired) electrons. The molecule has 2 aromatic rings. The van der Waals surface area contributed by atoms with Crippen molar-refractivity contribution in [3.8, 4) is 5.75 Å². The molecule has 162 valence electrons. The Bertz CT molecular complexity index is 1010. The van der Waals surface area contributed by atoms with Crippen molar-refractivity contribution in [2.75, 3.05) is 19.7 Å². The zero-order valence-electron chi connectivity index (χ0n) is 16.0. The number of halogens is 3. The van der Waals surface area contributed by atoms with Crippen LogP contribution >= 0.6 is 11.6 Å². The molecular formula is C20H21ClF2N2O4S. The van der Waals surface area contributed by atoms with E-state index in [-0.39, 0.29) is 26.1 Å². The van der Waals surface area contributed by atoms with Gasteiger partial charge >= 0.3 is 0 Å². The van der Waals surface area contributed by atoms with E-state index in [0.29, 0.717) is 29.7 Å². The number of nitrogens with zero attached hydrogens (tertiary/aromatic N) is 1. The number of rotatable bonds is 7. The van der Waals surface area contributed by atoms with Gasteiger partial charge in [0.1, 0.15) is 17.4 Å². The van der Waals surface area contributed by atoms with Crippen LogP contribution in [0.25, 0.3) is 0 Å². The number of hydrogen-bond donors (Lipinski definition) is 1. The van der Waals surface area contributed by atoms with Crippen LogP contribution in [-0.2, 0) is 14.8 Å². The lowest BCUT2D eigenvalue weighted by Gasteiger charge is -2.41. The summed E-state index contributed by atoms with van der Waals surface area (Å²) < 4.78 is 60.1. The highest BCUT2D eigenvalue weighted by atomic mass is 35.5. The number of sulfonamides is 1. The molecule has 3 rings (SSSR count). The predicted molar refractivity (Wildman–Crippen MR) is 108 cm³/mol. The number of carbonyl (C=O) groups excluding carboxylic acids is 1. The number of primary amides is 1. The second-order valence-corrected chi connectivity index (χ2v) is 9.81. The zero-order chi connectivity index (χ0) is 21.9. The Balaban J connectivity index is 1.85. The molecule has 1 saturated heterocycles. The first-order valence-electron chi connectivity index (χ1n) is 9.23. The number of benzene rings is 2. The third kappa shape index (κ3) is 5.27. The Morgan fingerprint density at radius 2 is 1.80 bits per heavy atom. The number of ether oxygens (including phenoxy) is 1. The Labute approximate surface area is 178 Å². The molecule has 1 fully saturated rings. The van der Waals surface area contributed by atoms with Crippen LogP contribution in [0.1, 0.15) is 19.3 Å². The summed E-state index contributed by atoms with van der Waals surface area (Å²) in [6.45, 7) is 0.132. The molecule has 6 nitrogen and oxygen atoms in total. The molecule has 1 unspecified atom stereocenters. The maximum atomic E-state index is 13.6. The van der Waals surface area contributed by atoms with E-state index in [2.05, 4.69) is 0 Å². The minimum absolute atomic E-state index is 0.0428. The van der Waals surface area contributed by atoms with Gasteiger partial charge in [0.25, 0.3) is 0 Å². The fourth-order valence-corrected chi connectivity index (χ4v) is 5.40. The summed E-state index contributed by atoms with van der Waals surface area (Å²) in [5.41, 5.74) is 4.55. The summed E-state index contributed by atoms with van der Waals surface area (Å²) in [5.74, 6) is -2.05. The lowest BCUT2D eigenvalue weighted by Crippen LogP contribution is -2.50. The minimum atomic E-state index is -4.17. The molecule has 0 saturated carbocycles. The topological polar surface area (TPSA) is 89.7 Å². The number of nitrogens with two attached hydrogens (primary N) is 1. The second kappa shape index (κ2) is 8.87. The van der Waals surface area contributed by atoms with E-state index in [1.165, 1.54) is 0 Å². The normalized spacial score (nSPS) is 20.1. The minimum Gasteiger partial charge on any atom is -0.493 e. The van der Waals surface area contributed by atoms with Crippen molar-refractivity contribution >= 4 is 27.5 Å². The van der Waals surface area contributed by atoms with Crippen molar-refractivity contribution in [2.45, 2.75) is 24.2 Å². The average molecular weight is 459 g/mol. The van der Waals surface area contributed by atoms with Crippen LogP contribution in [0.2, 0.25) is 5.02 Å². The molecule has 1 aliphatic heterocycles. The first kappa shape index (κ1) is 22.5. The van der Waals surface area contributed by atoms with E-state index in [9.17, 15) is 22.0 Å². The van der Waals surface area contributed by atoms with Crippen molar-refractivity contribution in [3.05, 3.63) is 59.1 Å². The van der Waals surface area contributed by atoms with Crippen LogP contribution < -0.4 is 10.5 Å². The van der Waals surface area contributed by atoms with Gasteiger partial charge in [-0.3, -0.25) is 4.79 Å². The van der Waals surface area contributed by atoms with Gasteiger partial charge in [-0.1, -0.05) is 11.6 Å². The highest BCUT2D eigenvalue weighted by Gasteiger charge is 2.42. The molecule has 1 aliphatic rings. The van der Waals surface area contributed by atoms with Gasteiger partial charge in [0.2, 0.25) is 15.9 Å². The molecule has 10 heteroatoms. The van der Waals surface area contributed by atoms with E-state index in [4.69, 9.17) is 22.1 Å². The molecule has 1 atom stereocenters. The van der Waals surface area contributed by atoms with Gasteiger partial charge in [-0.2, -0.15) is 4.31 Å². The van der Waals surface area contributed by atoms with Crippen molar-refractivity contribution in [2.24, 2.45) is 11.1 Å². The summed E-state index contributed by atoms with van der Waals surface area (Å²) >= 11 is 5.86. The molecule has 0 spiro atoms. The molecule has 1 amide bonds. The second-order valence-electron chi connectivity index (χ2n) is 7.43. The molecule has 0 bridgehead atoms. The van der Waals surface area contributed by atoms with Gasteiger partial charge in [-0.25, -0.2) is 17.2 Å². The Kier molecular flexibility index (Phi) is 6.64. The summed E-state index contributed by atoms with van der Waals surface area (Å²) in [6, 6.07) is 8.76. The van der Waals surface area contributed by atoms with Gasteiger partial charge < -0.3 is 10.5 Å². The molecule has 1 heterocycles. The van der Waals surface area contributed by atoms with Crippen molar-refractivity contribution in [1.29, 1.82) is 0 Å². The number of amides is 1. The molecule has 30 heavy (non-hydrogen) atoms. The van der Waals surface area contributed by atoms with Crippen LogP contribution in [0, 0.1) is 17.0 Å². The van der Waals surface area contributed by atoms with Crippen LogP contribution in [0.5, 0.6) is 5.75 Å². The lowest BCUT2D eigenvalue weighted by molar-refractivity contribution is -0.121. The van der Waals surface area contributed by atoms with Crippen molar-refractivity contribution in [3.63, 3.8) is 0 Å². The summed E-state index contributed by atoms with van der Waals surface area (Å²) in [7, 11) is -4.17. The van der Waals surface area contributed by atoms with Crippen LogP contribution in [-0.4, -0.2) is 38.3 Å². The van der Waals surface area contributed by atoms with Gasteiger partial charge in [0, 0.05) is 36.0 Å². The number of hydrogen-bond acceptors (Lipinski definition) is 4. The summed E-state index contributed by atoms with van der Waals surface area (Å²) in [6.07, 6.45) is 0.853. The third-order valence-corrected chi connectivity index (χ3v) is 7.08. The van der Waals surface area contributed by atoms with E-state index in [1.807, 2.05) is 0 Å². The highest BCUT2D eigenvalue weighted by Crippen LogP contribution is 2.37. The van der Waals surface area contributed by atoms with Crippen LogP contribution in [0.3, 0.4) is 0 Å². The van der Waals surface area contributed by atoms with Crippen molar-refractivity contribution < 1.29 is 26.7 Å². The molecule has 2 aromatic carbocycles. The first-order valence-corrected chi connectivity index (χ1v) is 11.0. The largest absolute Gasteiger partial charge is 0.493 e.